The van der Waals surface area contributed by atoms with E-state index in [2.05, 4.69) is 23.8 Å². The number of esters is 1. The Morgan fingerprint density at radius 3 is 2.14 bits per heavy atom. The Hall–Kier alpha value is -2.30. The van der Waals surface area contributed by atoms with Crippen molar-refractivity contribution in [3.8, 4) is 11.4 Å². The van der Waals surface area contributed by atoms with E-state index in [9.17, 15) is 9.18 Å². The van der Waals surface area contributed by atoms with Gasteiger partial charge in [0.1, 0.15) is 11.9 Å². The smallest absolute Gasteiger partial charge is 0.341 e. The molecule has 1 saturated carbocycles. The highest BCUT2D eigenvalue weighted by Gasteiger charge is 2.25. The molecule has 1 heterocycles. The maximum Gasteiger partial charge on any atom is 0.341 e. The molecule has 0 amide bonds. The summed E-state index contributed by atoms with van der Waals surface area (Å²) in [7, 11) is 0. The summed E-state index contributed by atoms with van der Waals surface area (Å²) in [5.74, 6) is 0.0567. The molecule has 5 heteroatoms. The van der Waals surface area contributed by atoms with E-state index in [-0.39, 0.29) is 11.7 Å². The van der Waals surface area contributed by atoms with Crippen molar-refractivity contribution in [2.45, 2.75) is 129 Å². The molecule has 0 radical (unpaired) electrons. The van der Waals surface area contributed by atoms with Crippen molar-refractivity contribution in [1.82, 2.24) is 9.97 Å². The van der Waals surface area contributed by atoms with Crippen molar-refractivity contribution in [1.29, 1.82) is 0 Å². The molecule has 0 bridgehead atoms. The SMILES string of the molecule is CCCCCCCCCC[C@H]1CC[C@H](OC(=O)c2ccc(-c3ncc(CCCCC)cn3)cc2F)CC1. The van der Waals surface area contributed by atoms with Crippen LogP contribution >= 0.6 is 0 Å². The lowest BCUT2D eigenvalue weighted by molar-refractivity contribution is 0.0156. The summed E-state index contributed by atoms with van der Waals surface area (Å²) in [6, 6.07) is 4.54. The van der Waals surface area contributed by atoms with Crippen molar-refractivity contribution >= 4 is 5.97 Å². The second kappa shape index (κ2) is 16.5. The Kier molecular flexibility index (Phi) is 13.1. The molecule has 1 aliphatic carbocycles. The quantitative estimate of drug-likeness (QED) is 0.167. The van der Waals surface area contributed by atoms with E-state index in [0.717, 1.165) is 50.0 Å². The van der Waals surface area contributed by atoms with Gasteiger partial charge >= 0.3 is 5.97 Å². The summed E-state index contributed by atoms with van der Waals surface area (Å²) >= 11 is 0. The molecule has 2 aromatic rings. The van der Waals surface area contributed by atoms with Crippen LogP contribution in [-0.2, 0) is 11.2 Å². The van der Waals surface area contributed by atoms with Crippen LogP contribution in [0.15, 0.2) is 30.6 Å². The number of benzene rings is 1. The standard InChI is InChI=1S/C32H47FN2O2/c1-3-5-7-8-9-10-11-13-14-25-16-19-28(20-17-25)37-32(36)29-21-18-27(22-30(29)33)31-34-23-26(24-35-31)15-12-6-4-2/h18,21-25,28H,3-17,19-20H2,1-2H3/t25-,28-. The molecule has 1 aromatic heterocycles. The molecule has 37 heavy (non-hydrogen) atoms. The Morgan fingerprint density at radius 1 is 0.865 bits per heavy atom. The largest absolute Gasteiger partial charge is 0.459 e. The number of nitrogens with zero attached hydrogens (tertiary/aromatic N) is 2. The third-order valence-electron chi connectivity index (χ3n) is 7.75. The molecule has 0 spiro atoms. The van der Waals surface area contributed by atoms with Gasteiger partial charge in [0, 0.05) is 18.0 Å². The number of carbonyl (C=O) groups is 1. The normalized spacial score (nSPS) is 17.6. The highest BCUT2D eigenvalue weighted by molar-refractivity contribution is 5.90. The van der Waals surface area contributed by atoms with E-state index in [1.807, 2.05) is 12.4 Å². The fourth-order valence-electron chi connectivity index (χ4n) is 5.35. The maximum absolute atomic E-state index is 14.8. The molecule has 1 aromatic carbocycles. The van der Waals surface area contributed by atoms with Crippen molar-refractivity contribution in [3.63, 3.8) is 0 Å². The minimum Gasteiger partial charge on any atom is -0.459 e. The van der Waals surface area contributed by atoms with Crippen molar-refractivity contribution < 1.29 is 13.9 Å². The van der Waals surface area contributed by atoms with E-state index in [0.29, 0.717) is 11.4 Å². The van der Waals surface area contributed by atoms with Crippen LogP contribution in [0, 0.1) is 11.7 Å². The molecule has 4 nitrogen and oxygen atoms in total. The Balaban J connectivity index is 1.38. The molecule has 1 aliphatic rings. The van der Waals surface area contributed by atoms with Gasteiger partial charge in [0.05, 0.1) is 5.56 Å². The second-order valence-electron chi connectivity index (χ2n) is 10.9. The second-order valence-corrected chi connectivity index (χ2v) is 10.9. The molecular weight excluding hydrogens is 463 g/mol. The first-order valence-corrected chi connectivity index (χ1v) is 14.9. The fraction of sp³-hybridized carbons (Fsp3) is 0.656. The summed E-state index contributed by atoms with van der Waals surface area (Å²) in [6.07, 6.45) is 24.0. The molecule has 0 unspecified atom stereocenters. The number of ether oxygens (including phenoxy) is 1. The van der Waals surface area contributed by atoms with Crippen molar-refractivity contribution in [3.05, 3.63) is 47.5 Å². The number of aromatic nitrogens is 2. The number of unbranched alkanes of at least 4 members (excludes halogenated alkanes) is 9. The summed E-state index contributed by atoms with van der Waals surface area (Å²) in [5.41, 5.74) is 1.64. The number of halogens is 1. The number of carbonyl (C=O) groups excluding carboxylic acids is 1. The molecule has 1 fully saturated rings. The highest BCUT2D eigenvalue weighted by Crippen LogP contribution is 2.31. The molecule has 0 atom stereocenters. The van der Waals surface area contributed by atoms with Crippen molar-refractivity contribution in [2.75, 3.05) is 0 Å². The van der Waals surface area contributed by atoms with Crippen LogP contribution < -0.4 is 0 Å². The zero-order valence-corrected chi connectivity index (χ0v) is 23.2. The van der Waals surface area contributed by atoms with Crippen LogP contribution in [0.2, 0.25) is 0 Å². The third-order valence-corrected chi connectivity index (χ3v) is 7.75. The number of hydrogen-bond acceptors (Lipinski definition) is 4. The topological polar surface area (TPSA) is 52.1 Å². The maximum atomic E-state index is 14.8. The molecule has 3 rings (SSSR count). The average molecular weight is 511 g/mol. The van der Waals surface area contributed by atoms with Crippen LogP contribution in [0.3, 0.4) is 0 Å². The number of rotatable bonds is 16. The minimum absolute atomic E-state index is 0.0130. The molecule has 204 valence electrons. The first kappa shape index (κ1) is 29.3. The third kappa shape index (κ3) is 10.2. The zero-order valence-electron chi connectivity index (χ0n) is 23.2. The Morgan fingerprint density at radius 2 is 1.49 bits per heavy atom. The number of aryl methyl sites for hydroxylation is 1. The van der Waals surface area contributed by atoms with E-state index >= 15 is 0 Å². The van der Waals surface area contributed by atoms with E-state index < -0.39 is 11.8 Å². The predicted molar refractivity (Wildman–Crippen MR) is 149 cm³/mol. The molecule has 0 saturated heterocycles. The molecule has 0 N–H and O–H groups in total. The van der Waals surface area contributed by atoms with E-state index in [4.69, 9.17) is 4.74 Å². The minimum atomic E-state index is -0.582. The zero-order chi connectivity index (χ0) is 26.3. The van der Waals surface area contributed by atoms with Gasteiger partial charge in [-0.05, 0) is 62.1 Å². The van der Waals surface area contributed by atoms with Crippen LogP contribution in [0.5, 0.6) is 0 Å². The molecule has 0 aliphatic heterocycles. The summed E-state index contributed by atoms with van der Waals surface area (Å²) < 4.78 is 20.5. The summed E-state index contributed by atoms with van der Waals surface area (Å²) in [6.45, 7) is 4.44. The van der Waals surface area contributed by atoms with Gasteiger partial charge in [-0.2, -0.15) is 0 Å². The van der Waals surface area contributed by atoms with Crippen LogP contribution in [0.1, 0.15) is 133 Å². The molecular formula is C32H47FN2O2. The van der Waals surface area contributed by atoms with E-state index in [1.165, 1.54) is 82.8 Å². The van der Waals surface area contributed by atoms with Gasteiger partial charge in [0.2, 0.25) is 0 Å². The lowest BCUT2D eigenvalue weighted by atomic mass is 9.84. The fourth-order valence-corrected chi connectivity index (χ4v) is 5.35. The van der Waals surface area contributed by atoms with Crippen LogP contribution in [0.4, 0.5) is 4.39 Å². The average Bonchev–Trinajstić information content (AvgIpc) is 2.91. The van der Waals surface area contributed by atoms with Crippen molar-refractivity contribution in [2.24, 2.45) is 5.92 Å². The van der Waals surface area contributed by atoms with Crippen LogP contribution in [-0.4, -0.2) is 22.0 Å². The Labute approximate surface area is 223 Å². The first-order valence-electron chi connectivity index (χ1n) is 14.9. The van der Waals surface area contributed by atoms with Gasteiger partial charge in [-0.3, -0.25) is 0 Å². The predicted octanol–water partition coefficient (Wildman–Crippen LogP) is 9.26. The highest BCUT2D eigenvalue weighted by atomic mass is 19.1. The Bertz CT molecular complexity index is 923. The monoisotopic (exact) mass is 510 g/mol. The van der Waals surface area contributed by atoms with Gasteiger partial charge < -0.3 is 4.74 Å². The lowest BCUT2D eigenvalue weighted by Crippen LogP contribution is -2.25. The van der Waals surface area contributed by atoms with E-state index in [1.54, 1.807) is 6.07 Å². The summed E-state index contributed by atoms with van der Waals surface area (Å²) in [5, 5.41) is 0. The van der Waals surface area contributed by atoms with Gasteiger partial charge in [-0.15, -0.1) is 0 Å². The lowest BCUT2D eigenvalue weighted by Gasteiger charge is -2.28. The van der Waals surface area contributed by atoms with Gasteiger partial charge in [0.25, 0.3) is 0 Å². The number of hydrogen-bond donors (Lipinski definition) is 0. The van der Waals surface area contributed by atoms with Gasteiger partial charge in [-0.1, -0.05) is 90.5 Å². The summed E-state index contributed by atoms with van der Waals surface area (Å²) in [4.78, 5) is 21.5. The first-order chi connectivity index (χ1) is 18.1. The van der Waals surface area contributed by atoms with Gasteiger partial charge in [0.15, 0.2) is 5.82 Å². The van der Waals surface area contributed by atoms with Gasteiger partial charge in [-0.25, -0.2) is 19.2 Å². The van der Waals surface area contributed by atoms with Crippen LogP contribution in [0.25, 0.3) is 11.4 Å².